The van der Waals surface area contributed by atoms with Crippen LogP contribution in [-0.2, 0) is 11.2 Å². The van der Waals surface area contributed by atoms with Gasteiger partial charge in [-0.25, -0.2) is 4.98 Å². The standard InChI is InChI=1S/C21H22N2O2S/c1-15(2)18-10-6-7-11-19(18)25-14-20(24)23-21-22-13-17(26-21)12-16-8-4-3-5-9-16/h3-11,13,15H,12,14H2,1-2H3,(H,22,23,24). The number of nitrogens with one attached hydrogen (secondary N) is 1. The van der Waals surface area contributed by atoms with Gasteiger partial charge in [0.2, 0.25) is 0 Å². The average molecular weight is 366 g/mol. The lowest BCUT2D eigenvalue weighted by molar-refractivity contribution is -0.118. The molecule has 4 nitrogen and oxygen atoms in total. The van der Waals surface area contributed by atoms with E-state index in [-0.39, 0.29) is 12.5 Å². The zero-order valence-corrected chi connectivity index (χ0v) is 15.8. The van der Waals surface area contributed by atoms with Crippen LogP contribution in [0.25, 0.3) is 0 Å². The van der Waals surface area contributed by atoms with Crippen molar-refractivity contribution in [3.63, 3.8) is 0 Å². The number of aromatic nitrogens is 1. The first kappa shape index (κ1) is 18.1. The summed E-state index contributed by atoms with van der Waals surface area (Å²) < 4.78 is 5.70. The van der Waals surface area contributed by atoms with Crippen molar-refractivity contribution in [3.05, 3.63) is 76.8 Å². The van der Waals surface area contributed by atoms with Gasteiger partial charge in [-0.1, -0.05) is 62.4 Å². The van der Waals surface area contributed by atoms with E-state index < -0.39 is 0 Å². The van der Waals surface area contributed by atoms with Crippen molar-refractivity contribution in [1.29, 1.82) is 0 Å². The van der Waals surface area contributed by atoms with E-state index in [0.29, 0.717) is 11.0 Å². The number of hydrogen-bond acceptors (Lipinski definition) is 4. The number of rotatable bonds is 7. The van der Waals surface area contributed by atoms with Crippen LogP contribution < -0.4 is 10.1 Å². The quantitative estimate of drug-likeness (QED) is 0.649. The van der Waals surface area contributed by atoms with Gasteiger partial charge in [-0.3, -0.25) is 10.1 Å². The number of carbonyl (C=O) groups is 1. The van der Waals surface area contributed by atoms with Crippen molar-refractivity contribution >= 4 is 22.4 Å². The Hall–Kier alpha value is -2.66. The maximum atomic E-state index is 12.2. The Morgan fingerprint density at radius 1 is 1.12 bits per heavy atom. The van der Waals surface area contributed by atoms with Crippen LogP contribution in [0, 0.1) is 0 Å². The first-order valence-electron chi connectivity index (χ1n) is 8.62. The Morgan fingerprint density at radius 3 is 2.62 bits per heavy atom. The predicted octanol–water partition coefficient (Wildman–Crippen LogP) is 4.87. The van der Waals surface area contributed by atoms with Gasteiger partial charge in [-0.2, -0.15) is 0 Å². The highest BCUT2D eigenvalue weighted by molar-refractivity contribution is 7.15. The molecule has 5 heteroatoms. The van der Waals surface area contributed by atoms with Crippen molar-refractivity contribution in [1.82, 2.24) is 4.98 Å². The Balaban J connectivity index is 1.54. The smallest absolute Gasteiger partial charge is 0.264 e. The molecule has 0 fully saturated rings. The van der Waals surface area contributed by atoms with Gasteiger partial charge in [0.15, 0.2) is 11.7 Å². The maximum Gasteiger partial charge on any atom is 0.264 e. The van der Waals surface area contributed by atoms with Crippen molar-refractivity contribution in [2.24, 2.45) is 0 Å². The maximum absolute atomic E-state index is 12.2. The molecule has 2 aromatic carbocycles. The van der Waals surface area contributed by atoms with Crippen LogP contribution in [0.3, 0.4) is 0 Å². The molecule has 1 N–H and O–H groups in total. The summed E-state index contributed by atoms with van der Waals surface area (Å²) in [6, 6.07) is 18.0. The number of nitrogens with zero attached hydrogens (tertiary/aromatic N) is 1. The van der Waals surface area contributed by atoms with Crippen molar-refractivity contribution in [2.75, 3.05) is 11.9 Å². The molecular formula is C21H22N2O2S. The first-order valence-corrected chi connectivity index (χ1v) is 9.43. The van der Waals surface area contributed by atoms with E-state index >= 15 is 0 Å². The lowest BCUT2D eigenvalue weighted by Crippen LogP contribution is -2.20. The van der Waals surface area contributed by atoms with Crippen LogP contribution in [0.4, 0.5) is 5.13 Å². The van der Waals surface area contributed by atoms with E-state index in [1.807, 2.05) is 48.7 Å². The minimum absolute atomic E-state index is 0.0304. The Kier molecular flexibility index (Phi) is 6.02. The van der Waals surface area contributed by atoms with Crippen LogP contribution in [0.1, 0.15) is 35.8 Å². The van der Waals surface area contributed by atoms with E-state index in [2.05, 4.69) is 36.3 Å². The molecular weight excluding hydrogens is 344 g/mol. The Bertz CT molecular complexity index is 859. The molecule has 0 atom stereocenters. The number of benzene rings is 2. The lowest BCUT2D eigenvalue weighted by Gasteiger charge is -2.13. The van der Waals surface area contributed by atoms with Crippen LogP contribution in [0.15, 0.2) is 60.8 Å². The number of amides is 1. The molecule has 0 unspecified atom stereocenters. The number of hydrogen-bond donors (Lipinski definition) is 1. The summed E-state index contributed by atoms with van der Waals surface area (Å²) in [7, 11) is 0. The van der Waals surface area contributed by atoms with Crippen LogP contribution in [0.5, 0.6) is 5.75 Å². The molecule has 1 amide bonds. The molecule has 134 valence electrons. The number of anilines is 1. The topological polar surface area (TPSA) is 51.2 Å². The van der Waals surface area contributed by atoms with E-state index in [1.54, 1.807) is 0 Å². The van der Waals surface area contributed by atoms with Crippen LogP contribution in [-0.4, -0.2) is 17.5 Å². The van der Waals surface area contributed by atoms with Gasteiger partial charge in [-0.15, -0.1) is 11.3 Å². The van der Waals surface area contributed by atoms with E-state index in [0.717, 1.165) is 22.6 Å². The third-order valence-electron chi connectivity index (χ3n) is 3.92. The molecule has 0 spiro atoms. The van der Waals surface area contributed by atoms with Gasteiger partial charge in [0, 0.05) is 17.5 Å². The molecule has 0 saturated heterocycles. The summed E-state index contributed by atoms with van der Waals surface area (Å²) in [5, 5.41) is 3.41. The second-order valence-corrected chi connectivity index (χ2v) is 7.44. The lowest BCUT2D eigenvalue weighted by atomic mass is 10.0. The third-order valence-corrected chi connectivity index (χ3v) is 4.83. The normalized spacial score (nSPS) is 10.7. The van der Waals surface area contributed by atoms with E-state index in [9.17, 15) is 4.79 Å². The average Bonchev–Trinajstić information content (AvgIpc) is 3.07. The minimum Gasteiger partial charge on any atom is -0.483 e. The first-order chi connectivity index (χ1) is 12.6. The summed E-state index contributed by atoms with van der Waals surface area (Å²) in [4.78, 5) is 17.6. The Morgan fingerprint density at radius 2 is 1.85 bits per heavy atom. The molecule has 3 aromatic rings. The summed E-state index contributed by atoms with van der Waals surface area (Å²) in [5.41, 5.74) is 2.32. The van der Waals surface area contributed by atoms with Gasteiger partial charge in [0.05, 0.1) is 0 Å². The summed E-state index contributed by atoms with van der Waals surface area (Å²) >= 11 is 1.49. The fourth-order valence-corrected chi connectivity index (χ4v) is 3.49. The fraction of sp³-hybridized carbons (Fsp3) is 0.238. The van der Waals surface area contributed by atoms with E-state index in [1.165, 1.54) is 16.9 Å². The molecule has 0 aliphatic rings. The van der Waals surface area contributed by atoms with Crippen LogP contribution in [0.2, 0.25) is 0 Å². The molecule has 0 aliphatic heterocycles. The van der Waals surface area contributed by atoms with Crippen LogP contribution >= 0.6 is 11.3 Å². The molecule has 26 heavy (non-hydrogen) atoms. The SMILES string of the molecule is CC(C)c1ccccc1OCC(=O)Nc1ncc(Cc2ccccc2)s1. The molecule has 1 aromatic heterocycles. The van der Waals surface area contributed by atoms with Gasteiger partial charge in [0.1, 0.15) is 5.75 Å². The number of carbonyl (C=O) groups excluding carboxylic acids is 1. The van der Waals surface area contributed by atoms with Gasteiger partial charge in [0.25, 0.3) is 5.91 Å². The fourth-order valence-electron chi connectivity index (χ4n) is 2.63. The molecule has 0 bridgehead atoms. The number of thiazole rings is 1. The molecule has 1 heterocycles. The van der Waals surface area contributed by atoms with Crippen molar-refractivity contribution < 1.29 is 9.53 Å². The second kappa shape index (κ2) is 8.63. The predicted molar refractivity (Wildman–Crippen MR) is 106 cm³/mol. The third kappa shape index (κ3) is 4.92. The second-order valence-electron chi connectivity index (χ2n) is 6.32. The zero-order chi connectivity index (χ0) is 18.4. The summed E-state index contributed by atoms with van der Waals surface area (Å²) in [6.07, 6.45) is 2.62. The number of para-hydroxylation sites is 1. The largest absolute Gasteiger partial charge is 0.483 e. The molecule has 0 aliphatic carbocycles. The summed E-state index contributed by atoms with van der Waals surface area (Å²) in [5.74, 6) is 0.888. The zero-order valence-electron chi connectivity index (χ0n) is 14.9. The molecule has 0 saturated carbocycles. The van der Waals surface area contributed by atoms with Gasteiger partial charge < -0.3 is 4.74 Å². The highest BCUT2D eigenvalue weighted by atomic mass is 32.1. The number of ether oxygens (including phenoxy) is 1. The van der Waals surface area contributed by atoms with Crippen molar-refractivity contribution in [2.45, 2.75) is 26.2 Å². The highest BCUT2D eigenvalue weighted by Gasteiger charge is 2.11. The van der Waals surface area contributed by atoms with Gasteiger partial charge >= 0.3 is 0 Å². The van der Waals surface area contributed by atoms with Crippen molar-refractivity contribution in [3.8, 4) is 5.75 Å². The molecule has 0 radical (unpaired) electrons. The Labute approximate surface area is 157 Å². The molecule has 3 rings (SSSR count). The van der Waals surface area contributed by atoms with E-state index in [4.69, 9.17) is 4.74 Å². The minimum atomic E-state index is -0.204. The highest BCUT2D eigenvalue weighted by Crippen LogP contribution is 2.26. The van der Waals surface area contributed by atoms with Gasteiger partial charge in [-0.05, 0) is 23.1 Å². The summed E-state index contributed by atoms with van der Waals surface area (Å²) in [6.45, 7) is 4.18. The monoisotopic (exact) mass is 366 g/mol.